The zero-order valence-electron chi connectivity index (χ0n) is 29.0. The van der Waals surface area contributed by atoms with Gasteiger partial charge in [-0.1, -0.05) is 194 Å². The molecule has 2 nitrogen and oxygen atoms in total. The Hall–Kier alpha value is -6.77. The number of rotatable bonds is 4. The predicted octanol–water partition coefficient (Wildman–Crippen LogP) is 11.6. The second kappa shape index (κ2) is 11.4. The molecule has 0 saturated carbocycles. The Morgan fingerprint density at radius 2 is 0.679 bits per heavy atom. The molecule has 0 amide bonds. The van der Waals surface area contributed by atoms with Crippen molar-refractivity contribution < 1.29 is 0 Å². The molecule has 8 aromatic carbocycles. The van der Waals surface area contributed by atoms with Gasteiger partial charge in [0.15, 0.2) is 0 Å². The van der Waals surface area contributed by atoms with Crippen molar-refractivity contribution in [1.82, 2.24) is 0 Å². The zero-order valence-corrected chi connectivity index (χ0v) is 29.0. The van der Waals surface area contributed by atoms with Gasteiger partial charge in [-0.25, -0.2) is 0 Å². The largest absolute Gasteiger partial charge is 0.277 e. The number of anilines is 1. The van der Waals surface area contributed by atoms with Crippen LogP contribution in [0.2, 0.25) is 0 Å². The Morgan fingerprint density at radius 1 is 0.321 bits per heavy atom. The van der Waals surface area contributed by atoms with E-state index in [1.54, 1.807) is 0 Å². The zero-order chi connectivity index (χ0) is 35.0. The van der Waals surface area contributed by atoms with Gasteiger partial charge in [0.05, 0.1) is 22.2 Å². The van der Waals surface area contributed by atoms with Gasteiger partial charge in [0.1, 0.15) is 0 Å². The van der Waals surface area contributed by atoms with Gasteiger partial charge in [0, 0.05) is 16.7 Å². The van der Waals surface area contributed by atoms with Gasteiger partial charge in [-0.15, -0.1) is 0 Å². The molecular weight excluding hydrogens is 641 g/mol. The van der Waals surface area contributed by atoms with Crippen LogP contribution in [-0.4, -0.2) is 5.71 Å². The summed E-state index contributed by atoms with van der Waals surface area (Å²) in [6.07, 6.45) is 0. The molecule has 0 heterocycles. The van der Waals surface area contributed by atoms with E-state index in [1.165, 1.54) is 66.8 Å². The highest BCUT2D eigenvalue weighted by Gasteiger charge is 2.59. The molecule has 0 saturated heterocycles. The summed E-state index contributed by atoms with van der Waals surface area (Å²) in [6.45, 7) is 0. The predicted molar refractivity (Wildman–Crippen MR) is 217 cm³/mol. The molecule has 8 aromatic rings. The monoisotopic (exact) mass is 674 g/mol. The van der Waals surface area contributed by atoms with Crippen LogP contribution in [0, 0.1) is 0 Å². The Kier molecular flexibility index (Phi) is 6.41. The number of hydrogen-bond acceptors (Lipinski definition) is 2. The maximum absolute atomic E-state index is 5.18. The van der Waals surface area contributed by atoms with E-state index in [1.807, 2.05) is 12.1 Å². The normalized spacial score (nSPS) is 14.3. The van der Waals surface area contributed by atoms with Crippen molar-refractivity contribution in [3.8, 4) is 22.3 Å². The number of hydrogen-bond donors (Lipinski definition) is 1. The van der Waals surface area contributed by atoms with Crippen LogP contribution in [0.3, 0.4) is 0 Å². The van der Waals surface area contributed by atoms with Gasteiger partial charge in [0.25, 0.3) is 0 Å². The highest BCUT2D eigenvalue weighted by Crippen LogP contribution is 2.67. The summed E-state index contributed by atoms with van der Waals surface area (Å²) < 4.78 is 0. The van der Waals surface area contributed by atoms with E-state index in [-0.39, 0.29) is 0 Å². The maximum Gasteiger partial charge on any atom is 0.0977 e. The van der Waals surface area contributed by atoms with Crippen LogP contribution in [0.4, 0.5) is 5.69 Å². The Morgan fingerprint density at radius 3 is 1.17 bits per heavy atom. The lowest BCUT2D eigenvalue weighted by Gasteiger charge is -2.48. The highest BCUT2D eigenvalue weighted by atomic mass is 15.3. The third kappa shape index (κ3) is 3.90. The molecule has 3 aliphatic rings. The molecule has 2 spiro atoms. The van der Waals surface area contributed by atoms with E-state index in [0.29, 0.717) is 0 Å². The molecule has 0 unspecified atom stereocenters. The Labute approximate surface area is 309 Å². The van der Waals surface area contributed by atoms with E-state index in [2.05, 4.69) is 193 Å². The molecule has 0 aliphatic heterocycles. The molecule has 248 valence electrons. The lowest BCUT2D eigenvalue weighted by atomic mass is 9.52. The van der Waals surface area contributed by atoms with E-state index in [9.17, 15) is 0 Å². The van der Waals surface area contributed by atoms with Crippen LogP contribution in [0.1, 0.15) is 55.6 Å². The van der Waals surface area contributed by atoms with Crippen molar-refractivity contribution in [3.63, 3.8) is 0 Å². The number of benzene rings is 8. The van der Waals surface area contributed by atoms with Crippen molar-refractivity contribution in [2.75, 3.05) is 5.43 Å². The number of nitrogens with one attached hydrogen (secondary N) is 1. The molecule has 53 heavy (non-hydrogen) atoms. The van der Waals surface area contributed by atoms with Gasteiger partial charge in [-0.2, -0.15) is 5.10 Å². The highest BCUT2D eigenvalue weighted by molar-refractivity contribution is 6.13. The van der Waals surface area contributed by atoms with Gasteiger partial charge in [-0.05, 0) is 67.3 Å². The lowest BCUT2D eigenvalue weighted by Crippen LogP contribution is -2.43. The number of hydrazone groups is 1. The van der Waals surface area contributed by atoms with Crippen molar-refractivity contribution in [2.45, 2.75) is 10.8 Å². The van der Waals surface area contributed by atoms with E-state index < -0.39 is 10.8 Å². The van der Waals surface area contributed by atoms with Crippen LogP contribution in [-0.2, 0) is 10.8 Å². The first kappa shape index (κ1) is 29.9. The summed E-state index contributed by atoms with van der Waals surface area (Å²) in [5, 5.41) is 5.18. The van der Waals surface area contributed by atoms with Crippen molar-refractivity contribution in [3.05, 3.63) is 256 Å². The molecule has 1 N–H and O–H groups in total. The minimum Gasteiger partial charge on any atom is -0.277 e. The first-order valence-corrected chi connectivity index (χ1v) is 18.4. The summed E-state index contributed by atoms with van der Waals surface area (Å²) in [4.78, 5) is 0. The van der Waals surface area contributed by atoms with Crippen LogP contribution >= 0.6 is 0 Å². The molecule has 0 radical (unpaired) electrons. The standard InChI is InChI=1S/C51H34N2/c1-3-18-34(19-4-1)49(35-20-5-2-6-21-35)53-52-47-33-17-32-46-48(47)38-24-9-12-27-41(38)51(46)44-30-15-13-28-42(44)50(43-29-14-16-31-45(43)51)39-25-10-7-22-36(39)37-23-8-11-26-40(37)50/h1-33,52H. The van der Waals surface area contributed by atoms with Crippen LogP contribution in [0.25, 0.3) is 22.3 Å². The SMILES string of the molecule is c1ccc(C(=NNc2cccc3c2-c2ccccc2C32c3ccccc3C3(c4ccccc4-c4ccccc43)c3ccccc32)c2ccccc2)cc1. The minimum atomic E-state index is -0.542. The summed E-state index contributed by atoms with van der Waals surface area (Å²) in [5.41, 5.74) is 22.3. The first-order valence-electron chi connectivity index (χ1n) is 18.4. The fourth-order valence-corrected chi connectivity index (χ4v) is 9.99. The molecular formula is C51H34N2. The molecule has 11 rings (SSSR count). The summed E-state index contributed by atoms with van der Waals surface area (Å²) in [7, 11) is 0. The van der Waals surface area contributed by atoms with Gasteiger partial charge in [0.2, 0.25) is 0 Å². The first-order chi connectivity index (χ1) is 26.3. The average molecular weight is 675 g/mol. The second-order valence-corrected chi connectivity index (χ2v) is 14.3. The second-order valence-electron chi connectivity index (χ2n) is 14.3. The summed E-state index contributed by atoms with van der Waals surface area (Å²) >= 11 is 0. The van der Waals surface area contributed by atoms with Crippen molar-refractivity contribution >= 4 is 11.4 Å². The molecule has 0 aromatic heterocycles. The fraction of sp³-hybridized carbons (Fsp3) is 0.0392. The number of fused-ring (bicyclic) bond motifs is 16. The van der Waals surface area contributed by atoms with Gasteiger partial charge >= 0.3 is 0 Å². The smallest absolute Gasteiger partial charge is 0.0977 e. The molecule has 2 heteroatoms. The van der Waals surface area contributed by atoms with E-state index >= 15 is 0 Å². The van der Waals surface area contributed by atoms with Gasteiger partial charge in [-0.3, -0.25) is 5.43 Å². The molecule has 0 fully saturated rings. The topological polar surface area (TPSA) is 24.4 Å². The van der Waals surface area contributed by atoms with Gasteiger partial charge < -0.3 is 0 Å². The minimum absolute atomic E-state index is 0.455. The summed E-state index contributed by atoms with van der Waals surface area (Å²) in [5.74, 6) is 0. The van der Waals surface area contributed by atoms with Crippen LogP contribution in [0.5, 0.6) is 0 Å². The third-order valence-electron chi connectivity index (χ3n) is 11.9. The number of nitrogens with zero attached hydrogens (tertiary/aromatic N) is 1. The Balaban J connectivity index is 1.20. The van der Waals surface area contributed by atoms with Crippen molar-refractivity contribution in [2.24, 2.45) is 5.10 Å². The Bertz CT molecular complexity index is 2620. The third-order valence-corrected chi connectivity index (χ3v) is 11.9. The molecule has 0 atom stereocenters. The lowest BCUT2D eigenvalue weighted by molar-refractivity contribution is 0.633. The van der Waals surface area contributed by atoms with Crippen LogP contribution in [0.15, 0.2) is 205 Å². The summed E-state index contributed by atoms with van der Waals surface area (Å²) in [6, 6.07) is 73.2. The van der Waals surface area contributed by atoms with Crippen molar-refractivity contribution in [1.29, 1.82) is 0 Å². The maximum atomic E-state index is 5.18. The average Bonchev–Trinajstić information content (AvgIpc) is 3.70. The molecule has 3 aliphatic carbocycles. The fourth-order valence-electron chi connectivity index (χ4n) is 9.99. The quantitative estimate of drug-likeness (QED) is 0.146. The van der Waals surface area contributed by atoms with E-state index in [4.69, 9.17) is 5.10 Å². The van der Waals surface area contributed by atoms with Crippen LogP contribution < -0.4 is 5.43 Å². The van der Waals surface area contributed by atoms with E-state index in [0.717, 1.165) is 22.5 Å². The molecule has 0 bridgehead atoms.